The smallest absolute Gasteiger partial charge is 0.262 e. The van der Waals surface area contributed by atoms with E-state index in [1.165, 1.54) is 66.0 Å². The monoisotopic (exact) mass is 287 g/mol. The predicted molar refractivity (Wildman–Crippen MR) is 87.7 cm³/mol. The standard InChI is InChI=1S/C17H22N2S/c1-13-11-17(19-9-5-3-4-6-10-19)18-16-8-7-14(20-2)12-15(13)16/h7-8,11-12H,3-6,9-10H2,1-2H3/p+1. The zero-order valence-corrected chi connectivity index (χ0v) is 13.2. The van der Waals surface area contributed by atoms with E-state index in [2.05, 4.69) is 47.3 Å². The van der Waals surface area contributed by atoms with E-state index in [4.69, 9.17) is 0 Å². The first kappa shape index (κ1) is 13.7. The summed E-state index contributed by atoms with van der Waals surface area (Å²) >= 11 is 1.80. The summed E-state index contributed by atoms with van der Waals surface area (Å²) < 4.78 is 0. The van der Waals surface area contributed by atoms with Gasteiger partial charge in [-0.15, -0.1) is 11.8 Å². The Bertz CT molecular complexity index is 601. The van der Waals surface area contributed by atoms with Crippen molar-refractivity contribution in [3.8, 4) is 0 Å². The lowest BCUT2D eigenvalue weighted by molar-refractivity contribution is -0.330. The number of pyridine rings is 1. The van der Waals surface area contributed by atoms with E-state index in [1.807, 2.05) is 0 Å². The lowest BCUT2D eigenvalue weighted by Crippen LogP contribution is -2.30. The van der Waals surface area contributed by atoms with Crippen LogP contribution in [0, 0.1) is 6.92 Å². The van der Waals surface area contributed by atoms with Crippen LogP contribution in [0.25, 0.3) is 10.9 Å². The maximum atomic E-state index is 3.63. The zero-order chi connectivity index (χ0) is 13.9. The number of aryl methyl sites for hydroxylation is 1. The first-order chi connectivity index (χ1) is 9.78. The Morgan fingerprint density at radius 3 is 2.50 bits per heavy atom. The van der Waals surface area contributed by atoms with E-state index < -0.39 is 0 Å². The summed E-state index contributed by atoms with van der Waals surface area (Å²) in [5.74, 6) is 1.29. The molecule has 0 saturated carbocycles. The van der Waals surface area contributed by atoms with E-state index in [0.29, 0.717) is 0 Å². The average Bonchev–Trinajstić information content (AvgIpc) is 2.76. The second-order valence-corrected chi connectivity index (χ2v) is 6.53. The molecule has 1 aromatic carbocycles. The lowest BCUT2D eigenvalue weighted by atomic mass is 10.1. The number of nitrogens with zero attached hydrogens (tertiary/aromatic N) is 1. The SMILES string of the molecule is CSc1ccc2[nH+]c(N3CCCCCC3)cc(C)c2c1. The molecule has 106 valence electrons. The van der Waals surface area contributed by atoms with Crippen molar-refractivity contribution in [1.29, 1.82) is 0 Å². The Balaban J connectivity index is 2.00. The van der Waals surface area contributed by atoms with Gasteiger partial charge in [0.15, 0.2) is 0 Å². The van der Waals surface area contributed by atoms with E-state index >= 15 is 0 Å². The molecular formula is C17H23N2S+. The maximum absolute atomic E-state index is 3.63. The van der Waals surface area contributed by atoms with Crippen molar-refractivity contribution in [3.63, 3.8) is 0 Å². The van der Waals surface area contributed by atoms with Gasteiger partial charge in [-0.3, -0.25) is 4.90 Å². The fourth-order valence-electron chi connectivity index (χ4n) is 3.02. The zero-order valence-electron chi connectivity index (χ0n) is 12.4. The molecule has 3 heteroatoms. The van der Waals surface area contributed by atoms with Gasteiger partial charge in [-0.2, -0.15) is 0 Å². The summed E-state index contributed by atoms with van der Waals surface area (Å²) in [5, 5.41) is 1.34. The number of anilines is 1. The number of benzene rings is 1. The van der Waals surface area contributed by atoms with Crippen molar-refractivity contribution < 1.29 is 4.98 Å². The van der Waals surface area contributed by atoms with Crippen molar-refractivity contribution in [2.45, 2.75) is 37.5 Å². The number of fused-ring (bicyclic) bond motifs is 1. The molecule has 1 aliphatic rings. The molecule has 1 fully saturated rings. The topological polar surface area (TPSA) is 17.4 Å². The van der Waals surface area contributed by atoms with Gasteiger partial charge in [-0.25, -0.2) is 4.98 Å². The van der Waals surface area contributed by atoms with Gasteiger partial charge in [0.2, 0.25) is 0 Å². The van der Waals surface area contributed by atoms with E-state index in [9.17, 15) is 0 Å². The van der Waals surface area contributed by atoms with Crippen LogP contribution in [-0.4, -0.2) is 19.3 Å². The maximum Gasteiger partial charge on any atom is 0.275 e. The Kier molecular flexibility index (Phi) is 4.16. The van der Waals surface area contributed by atoms with Gasteiger partial charge >= 0.3 is 0 Å². The minimum Gasteiger partial charge on any atom is -0.262 e. The molecule has 0 bridgehead atoms. The number of rotatable bonds is 2. The second kappa shape index (κ2) is 6.04. The predicted octanol–water partition coefficient (Wildman–Crippen LogP) is 4.06. The molecule has 3 rings (SSSR count). The van der Waals surface area contributed by atoms with Gasteiger partial charge in [-0.1, -0.05) is 0 Å². The fourth-order valence-corrected chi connectivity index (χ4v) is 3.46. The molecule has 0 atom stereocenters. The largest absolute Gasteiger partial charge is 0.275 e. The number of aromatic nitrogens is 1. The summed E-state index contributed by atoms with van der Waals surface area (Å²) in [6, 6.07) is 9.03. The van der Waals surface area contributed by atoms with Gasteiger partial charge in [0, 0.05) is 16.3 Å². The second-order valence-electron chi connectivity index (χ2n) is 5.65. The number of thioether (sulfide) groups is 1. The van der Waals surface area contributed by atoms with Crippen LogP contribution in [0.1, 0.15) is 31.2 Å². The normalized spacial score (nSPS) is 16.4. The van der Waals surface area contributed by atoms with E-state index in [1.54, 1.807) is 11.8 Å². The Morgan fingerprint density at radius 1 is 1.05 bits per heavy atom. The average molecular weight is 287 g/mol. The third-order valence-electron chi connectivity index (χ3n) is 4.21. The van der Waals surface area contributed by atoms with Crippen LogP contribution in [-0.2, 0) is 0 Å². The minimum absolute atomic E-state index is 1.18. The van der Waals surface area contributed by atoms with Crippen molar-refractivity contribution in [2.24, 2.45) is 0 Å². The van der Waals surface area contributed by atoms with Crippen molar-refractivity contribution in [2.75, 3.05) is 24.2 Å². The van der Waals surface area contributed by atoms with Crippen molar-refractivity contribution in [3.05, 3.63) is 29.8 Å². The van der Waals surface area contributed by atoms with Crippen LogP contribution in [0.5, 0.6) is 0 Å². The van der Waals surface area contributed by atoms with Gasteiger partial charge < -0.3 is 0 Å². The highest BCUT2D eigenvalue weighted by atomic mass is 32.2. The molecule has 1 N–H and O–H groups in total. The minimum atomic E-state index is 1.18. The number of H-pyrrole nitrogens is 1. The highest BCUT2D eigenvalue weighted by Gasteiger charge is 2.19. The molecule has 1 saturated heterocycles. The molecule has 1 aliphatic heterocycles. The number of aromatic amines is 1. The van der Waals surface area contributed by atoms with Crippen LogP contribution < -0.4 is 9.88 Å². The molecule has 20 heavy (non-hydrogen) atoms. The summed E-state index contributed by atoms with van der Waals surface area (Å²) in [6.07, 6.45) is 7.51. The van der Waals surface area contributed by atoms with Crippen LogP contribution in [0.15, 0.2) is 29.2 Å². The van der Waals surface area contributed by atoms with Gasteiger partial charge in [-0.05, 0) is 62.6 Å². The van der Waals surface area contributed by atoms with Gasteiger partial charge in [0.1, 0.15) is 5.52 Å². The molecule has 0 amide bonds. The van der Waals surface area contributed by atoms with Crippen LogP contribution in [0.4, 0.5) is 5.82 Å². The van der Waals surface area contributed by atoms with E-state index in [0.717, 1.165) is 0 Å². The fraction of sp³-hybridized carbons (Fsp3) is 0.471. The Labute approximate surface area is 125 Å². The highest BCUT2D eigenvalue weighted by Crippen LogP contribution is 2.25. The third kappa shape index (κ3) is 2.78. The van der Waals surface area contributed by atoms with Crippen LogP contribution in [0.2, 0.25) is 0 Å². The molecule has 0 spiro atoms. The summed E-state index contributed by atoms with van der Waals surface area (Å²) in [7, 11) is 0. The molecule has 1 aromatic heterocycles. The molecule has 0 radical (unpaired) electrons. The molecule has 0 aliphatic carbocycles. The van der Waals surface area contributed by atoms with Crippen molar-refractivity contribution in [1.82, 2.24) is 0 Å². The molecule has 2 aromatic rings. The third-order valence-corrected chi connectivity index (χ3v) is 4.94. The molecule has 2 nitrogen and oxygen atoms in total. The number of hydrogen-bond acceptors (Lipinski definition) is 2. The highest BCUT2D eigenvalue weighted by molar-refractivity contribution is 7.98. The van der Waals surface area contributed by atoms with E-state index in [-0.39, 0.29) is 0 Å². The quantitative estimate of drug-likeness (QED) is 0.775. The first-order valence-corrected chi connectivity index (χ1v) is 8.76. The Morgan fingerprint density at radius 2 is 1.80 bits per heavy atom. The molecule has 0 unspecified atom stereocenters. The van der Waals surface area contributed by atoms with Crippen LogP contribution >= 0.6 is 11.8 Å². The van der Waals surface area contributed by atoms with Gasteiger partial charge in [0.05, 0.1) is 13.1 Å². The summed E-state index contributed by atoms with van der Waals surface area (Å²) in [4.78, 5) is 7.48. The summed E-state index contributed by atoms with van der Waals surface area (Å²) in [6.45, 7) is 4.59. The number of nitrogens with one attached hydrogen (secondary N) is 1. The molecule has 2 heterocycles. The van der Waals surface area contributed by atoms with Crippen LogP contribution in [0.3, 0.4) is 0 Å². The first-order valence-electron chi connectivity index (χ1n) is 7.53. The molecular weight excluding hydrogens is 264 g/mol. The lowest BCUT2D eigenvalue weighted by Gasteiger charge is -2.15. The number of hydrogen-bond donors (Lipinski definition) is 0. The van der Waals surface area contributed by atoms with Crippen molar-refractivity contribution >= 4 is 28.5 Å². The summed E-state index contributed by atoms with van der Waals surface area (Å²) in [5.41, 5.74) is 2.62. The van der Waals surface area contributed by atoms with Gasteiger partial charge in [0.25, 0.3) is 5.82 Å². The Hall–Kier alpha value is -1.22.